The summed E-state index contributed by atoms with van der Waals surface area (Å²) < 4.78 is 1.17. The van der Waals surface area contributed by atoms with E-state index in [1.165, 1.54) is 39.3 Å². The van der Waals surface area contributed by atoms with Crippen LogP contribution in [0.5, 0.6) is 0 Å². The Morgan fingerprint density at radius 1 is 1.22 bits per heavy atom. The number of nitrogens with one attached hydrogen (secondary N) is 1. The number of rotatable bonds is 6. The smallest absolute Gasteiger partial charge is 0.0601 e. The van der Waals surface area contributed by atoms with Crippen molar-refractivity contribution in [2.45, 2.75) is 39.0 Å². The van der Waals surface area contributed by atoms with Gasteiger partial charge in [0.05, 0.1) is 5.52 Å². The van der Waals surface area contributed by atoms with E-state index in [0.29, 0.717) is 0 Å². The van der Waals surface area contributed by atoms with Crippen LogP contribution in [-0.4, -0.2) is 11.5 Å². The largest absolute Gasteiger partial charge is 0.360 e. The third-order valence-electron chi connectivity index (χ3n) is 3.36. The molecule has 18 heavy (non-hydrogen) atoms. The fourth-order valence-corrected chi connectivity index (χ4v) is 2.95. The van der Waals surface area contributed by atoms with E-state index in [1.807, 2.05) is 0 Å². The van der Waals surface area contributed by atoms with Crippen molar-refractivity contribution in [2.75, 3.05) is 6.54 Å². The molecule has 0 spiro atoms. The maximum absolute atomic E-state index is 5.60. The minimum atomic E-state index is 0.753. The molecule has 2 rings (SSSR count). The molecule has 2 nitrogen and oxygen atoms in total. The predicted octanol–water partition coefficient (Wildman–Crippen LogP) is 4.16. The lowest BCUT2D eigenvalue weighted by Gasteiger charge is -2.04. The number of aromatic nitrogens is 1. The Balaban J connectivity index is 2.34. The van der Waals surface area contributed by atoms with Crippen LogP contribution in [0.4, 0.5) is 0 Å². The van der Waals surface area contributed by atoms with Crippen molar-refractivity contribution >= 4 is 26.8 Å². The molecule has 3 heteroatoms. The first-order valence-electron chi connectivity index (χ1n) is 6.74. The zero-order chi connectivity index (χ0) is 13.0. The zero-order valence-corrected chi connectivity index (χ0v) is 12.5. The fraction of sp³-hybridized carbons (Fsp3) is 0.467. The molecule has 1 aromatic carbocycles. The van der Waals surface area contributed by atoms with E-state index in [2.05, 4.69) is 46.2 Å². The van der Waals surface area contributed by atoms with E-state index in [9.17, 15) is 0 Å². The highest BCUT2D eigenvalue weighted by atomic mass is 79.9. The maximum Gasteiger partial charge on any atom is 0.0601 e. The number of nitrogens with two attached hydrogens (primary N) is 1. The molecule has 0 atom stereocenters. The fourth-order valence-electron chi connectivity index (χ4n) is 2.32. The predicted molar refractivity (Wildman–Crippen MR) is 82.0 cm³/mol. The van der Waals surface area contributed by atoms with E-state index in [-0.39, 0.29) is 0 Å². The summed E-state index contributed by atoms with van der Waals surface area (Å²) >= 11 is 3.67. The average Bonchev–Trinajstić information content (AvgIpc) is 2.77. The van der Waals surface area contributed by atoms with Gasteiger partial charge in [0.15, 0.2) is 0 Å². The van der Waals surface area contributed by atoms with E-state index in [4.69, 9.17) is 5.73 Å². The van der Waals surface area contributed by atoms with Gasteiger partial charge in [0.25, 0.3) is 0 Å². The molecule has 0 aliphatic heterocycles. The van der Waals surface area contributed by atoms with Crippen molar-refractivity contribution < 1.29 is 0 Å². The molecular formula is C15H21BrN2. The minimum absolute atomic E-state index is 0.753. The molecule has 0 aliphatic rings. The number of benzene rings is 1. The third kappa shape index (κ3) is 2.96. The van der Waals surface area contributed by atoms with Crippen LogP contribution in [0.2, 0.25) is 0 Å². The molecule has 0 aliphatic carbocycles. The Bertz CT molecular complexity index is 516. The van der Waals surface area contributed by atoms with Gasteiger partial charge in [0.2, 0.25) is 0 Å². The standard InChI is InChI=1S/C15H21BrN2/c1-2-3-5-11-8-13-12(6-4-7-17)10-18-15(13)14(16)9-11/h8-10,18H,2-7,17H2,1H3. The number of aromatic amines is 1. The lowest BCUT2D eigenvalue weighted by molar-refractivity contribution is 0.795. The van der Waals surface area contributed by atoms with Crippen LogP contribution in [0.15, 0.2) is 22.8 Å². The lowest BCUT2D eigenvalue weighted by Crippen LogP contribution is -1.99. The normalized spacial score (nSPS) is 11.3. The summed E-state index contributed by atoms with van der Waals surface area (Å²) in [5.74, 6) is 0. The summed E-state index contributed by atoms with van der Waals surface area (Å²) in [4.78, 5) is 3.36. The van der Waals surface area contributed by atoms with Crippen LogP contribution in [0.1, 0.15) is 37.3 Å². The maximum atomic E-state index is 5.60. The van der Waals surface area contributed by atoms with Crippen LogP contribution < -0.4 is 5.73 Å². The Morgan fingerprint density at radius 3 is 2.78 bits per heavy atom. The van der Waals surface area contributed by atoms with Crippen LogP contribution >= 0.6 is 15.9 Å². The minimum Gasteiger partial charge on any atom is -0.360 e. The number of H-pyrrole nitrogens is 1. The Morgan fingerprint density at radius 2 is 2.06 bits per heavy atom. The topological polar surface area (TPSA) is 41.8 Å². The van der Waals surface area contributed by atoms with E-state index >= 15 is 0 Å². The second-order valence-corrected chi connectivity index (χ2v) is 5.66. The number of aryl methyl sites for hydroxylation is 2. The second kappa shape index (κ2) is 6.39. The molecule has 3 N–H and O–H groups in total. The Labute approximate surface area is 117 Å². The number of hydrogen-bond donors (Lipinski definition) is 2. The highest BCUT2D eigenvalue weighted by Gasteiger charge is 2.08. The molecule has 98 valence electrons. The van der Waals surface area contributed by atoms with Gasteiger partial charge in [-0.15, -0.1) is 0 Å². The molecule has 1 aromatic heterocycles. The van der Waals surface area contributed by atoms with Gasteiger partial charge < -0.3 is 10.7 Å². The first-order valence-corrected chi connectivity index (χ1v) is 7.54. The summed E-state index contributed by atoms with van der Waals surface area (Å²) in [5.41, 5.74) is 9.61. The van der Waals surface area contributed by atoms with Crippen molar-refractivity contribution in [3.8, 4) is 0 Å². The van der Waals surface area contributed by atoms with E-state index in [0.717, 1.165) is 25.8 Å². The lowest BCUT2D eigenvalue weighted by atomic mass is 10.0. The molecule has 0 fully saturated rings. The van der Waals surface area contributed by atoms with Gasteiger partial charge >= 0.3 is 0 Å². The van der Waals surface area contributed by atoms with Crippen molar-refractivity contribution in [1.29, 1.82) is 0 Å². The first kappa shape index (κ1) is 13.6. The molecule has 1 heterocycles. The first-order chi connectivity index (χ1) is 8.76. The molecule has 0 radical (unpaired) electrons. The monoisotopic (exact) mass is 308 g/mol. The third-order valence-corrected chi connectivity index (χ3v) is 3.98. The number of hydrogen-bond acceptors (Lipinski definition) is 1. The Hall–Kier alpha value is -0.800. The summed E-state index contributed by atoms with van der Waals surface area (Å²) in [6.45, 7) is 2.99. The van der Waals surface area contributed by atoms with Crippen molar-refractivity contribution in [3.63, 3.8) is 0 Å². The Kier molecular flexibility index (Phi) is 4.84. The second-order valence-electron chi connectivity index (χ2n) is 4.81. The van der Waals surface area contributed by atoms with Crippen molar-refractivity contribution in [2.24, 2.45) is 5.73 Å². The zero-order valence-electron chi connectivity index (χ0n) is 10.9. The van der Waals surface area contributed by atoms with Crippen LogP contribution in [0, 0.1) is 0 Å². The van der Waals surface area contributed by atoms with Crippen molar-refractivity contribution in [1.82, 2.24) is 4.98 Å². The summed E-state index contributed by atoms with van der Waals surface area (Å²) in [7, 11) is 0. The van der Waals surface area contributed by atoms with Gasteiger partial charge in [0.1, 0.15) is 0 Å². The van der Waals surface area contributed by atoms with Gasteiger partial charge in [-0.25, -0.2) is 0 Å². The molecular weight excluding hydrogens is 288 g/mol. The number of unbranched alkanes of at least 4 members (excludes halogenated alkanes) is 1. The molecule has 0 bridgehead atoms. The van der Waals surface area contributed by atoms with Gasteiger partial charge in [-0.05, 0) is 71.4 Å². The summed E-state index contributed by atoms with van der Waals surface area (Å²) in [6, 6.07) is 4.57. The van der Waals surface area contributed by atoms with Crippen LogP contribution in [0.25, 0.3) is 10.9 Å². The van der Waals surface area contributed by atoms with Gasteiger partial charge in [0, 0.05) is 16.1 Å². The van der Waals surface area contributed by atoms with Crippen molar-refractivity contribution in [3.05, 3.63) is 33.9 Å². The highest BCUT2D eigenvalue weighted by molar-refractivity contribution is 9.10. The van der Waals surface area contributed by atoms with Crippen LogP contribution in [0.3, 0.4) is 0 Å². The molecule has 0 unspecified atom stereocenters. The van der Waals surface area contributed by atoms with Gasteiger partial charge in [-0.3, -0.25) is 0 Å². The molecule has 0 amide bonds. The highest BCUT2D eigenvalue weighted by Crippen LogP contribution is 2.29. The van der Waals surface area contributed by atoms with Gasteiger partial charge in [-0.2, -0.15) is 0 Å². The number of halogens is 1. The van der Waals surface area contributed by atoms with Gasteiger partial charge in [-0.1, -0.05) is 13.3 Å². The van der Waals surface area contributed by atoms with E-state index in [1.54, 1.807) is 0 Å². The molecule has 0 saturated carbocycles. The molecule has 2 aromatic rings. The quantitative estimate of drug-likeness (QED) is 0.826. The molecule has 0 saturated heterocycles. The number of fused-ring (bicyclic) bond motifs is 1. The average molecular weight is 309 g/mol. The SMILES string of the molecule is CCCCc1cc(Br)c2[nH]cc(CCCN)c2c1. The van der Waals surface area contributed by atoms with Crippen LogP contribution in [-0.2, 0) is 12.8 Å². The van der Waals surface area contributed by atoms with E-state index < -0.39 is 0 Å². The summed E-state index contributed by atoms with van der Waals surface area (Å²) in [5, 5.41) is 1.35. The summed E-state index contributed by atoms with van der Waals surface area (Å²) in [6.07, 6.45) is 7.87.